The number of nitrogens with zero attached hydrogens (tertiary/aromatic N) is 2. The van der Waals surface area contributed by atoms with E-state index in [2.05, 4.69) is 5.32 Å². The highest BCUT2D eigenvalue weighted by molar-refractivity contribution is 7.89. The van der Waals surface area contributed by atoms with Crippen LogP contribution in [0.15, 0.2) is 42.5 Å². The first-order valence-electron chi connectivity index (χ1n) is 17.2. The number of nitrogens with two attached hydrogens (primary N) is 1. The molecule has 3 aliphatic rings. The van der Waals surface area contributed by atoms with E-state index >= 15 is 4.39 Å². The second kappa shape index (κ2) is 14.8. The van der Waals surface area contributed by atoms with Gasteiger partial charge in [-0.25, -0.2) is 17.6 Å². The van der Waals surface area contributed by atoms with Gasteiger partial charge in [-0.15, -0.1) is 0 Å². The maximum atomic E-state index is 15.5. The van der Waals surface area contributed by atoms with E-state index in [9.17, 15) is 18.0 Å². The fourth-order valence-electron chi connectivity index (χ4n) is 7.57. The van der Waals surface area contributed by atoms with Crippen molar-refractivity contribution < 1.29 is 31.9 Å². The second-order valence-electron chi connectivity index (χ2n) is 15.2. The zero-order valence-electron chi connectivity index (χ0n) is 29.1. The SMILES string of the molecule is CC(C)(C)OC(=O)N1C[C@H](CCc2c(F)cccc2NC(=O)[C@@H](N)[C@@H](c2ccc(Cl)cc2)[C@H]2CCOC(C)(C)C2)N2C[C@H]1CCCS2(=O)=O. The van der Waals surface area contributed by atoms with Gasteiger partial charge in [0.15, 0.2) is 0 Å². The number of fused-ring (bicyclic) bond motifs is 2. The van der Waals surface area contributed by atoms with E-state index < -0.39 is 45.5 Å². The number of hydrogen-bond donors (Lipinski definition) is 2. The summed E-state index contributed by atoms with van der Waals surface area (Å²) in [6.07, 6.45) is 2.27. The average Bonchev–Trinajstić information content (AvgIpc) is 3.13. The number of sulfonamides is 1. The number of benzene rings is 2. The quantitative estimate of drug-likeness (QED) is 0.338. The van der Waals surface area contributed by atoms with Gasteiger partial charge < -0.3 is 25.4 Å². The van der Waals surface area contributed by atoms with Gasteiger partial charge >= 0.3 is 6.09 Å². The normalized spacial score (nSPS) is 26.2. The molecule has 0 radical (unpaired) electrons. The van der Waals surface area contributed by atoms with Gasteiger partial charge in [-0.3, -0.25) is 4.79 Å². The summed E-state index contributed by atoms with van der Waals surface area (Å²) in [4.78, 5) is 28.8. The lowest BCUT2D eigenvalue weighted by atomic mass is 9.73. The van der Waals surface area contributed by atoms with Crippen LogP contribution in [0.4, 0.5) is 14.9 Å². The van der Waals surface area contributed by atoms with Crippen LogP contribution in [0.5, 0.6) is 0 Å². The lowest BCUT2D eigenvalue weighted by Crippen LogP contribution is -2.60. The predicted octanol–water partition coefficient (Wildman–Crippen LogP) is 6.08. The summed E-state index contributed by atoms with van der Waals surface area (Å²) in [6.45, 7) is 10.3. The lowest BCUT2D eigenvalue weighted by Gasteiger charge is -2.44. The third kappa shape index (κ3) is 9.13. The van der Waals surface area contributed by atoms with Crippen LogP contribution in [0.3, 0.4) is 0 Å². The number of anilines is 1. The van der Waals surface area contributed by atoms with E-state index in [4.69, 9.17) is 26.8 Å². The van der Waals surface area contributed by atoms with Crippen LogP contribution < -0.4 is 11.1 Å². The van der Waals surface area contributed by atoms with Gasteiger partial charge in [-0.1, -0.05) is 29.8 Å². The van der Waals surface area contributed by atoms with Gasteiger partial charge in [0, 0.05) is 54.0 Å². The molecule has 3 N–H and O–H groups in total. The van der Waals surface area contributed by atoms with E-state index in [1.165, 1.54) is 16.4 Å². The summed E-state index contributed by atoms with van der Waals surface area (Å²) < 4.78 is 55.2. The molecule has 3 aliphatic heterocycles. The number of ether oxygens (including phenoxy) is 2. The summed E-state index contributed by atoms with van der Waals surface area (Å²) in [7, 11) is -3.58. The lowest BCUT2D eigenvalue weighted by molar-refractivity contribution is -0.119. The minimum atomic E-state index is -3.58. The van der Waals surface area contributed by atoms with E-state index in [0.717, 1.165) is 12.0 Å². The van der Waals surface area contributed by atoms with Gasteiger partial charge in [0.1, 0.15) is 11.4 Å². The largest absolute Gasteiger partial charge is 0.444 e. The Morgan fingerprint density at radius 1 is 1.14 bits per heavy atom. The number of halogens is 2. The van der Waals surface area contributed by atoms with Gasteiger partial charge in [0.2, 0.25) is 15.9 Å². The average molecular weight is 721 g/mol. The molecule has 10 nitrogen and oxygen atoms in total. The van der Waals surface area contributed by atoms with E-state index in [1.54, 1.807) is 43.9 Å². The molecule has 0 spiro atoms. The van der Waals surface area contributed by atoms with Gasteiger partial charge in [0.25, 0.3) is 0 Å². The van der Waals surface area contributed by atoms with Crippen molar-refractivity contribution in [3.05, 3.63) is 64.4 Å². The Kier molecular flexibility index (Phi) is 11.3. The first-order valence-corrected chi connectivity index (χ1v) is 19.2. The van der Waals surface area contributed by atoms with Crippen molar-refractivity contribution in [2.24, 2.45) is 11.7 Å². The van der Waals surface area contributed by atoms with Gasteiger partial charge in [-0.2, -0.15) is 4.31 Å². The monoisotopic (exact) mass is 720 g/mol. The number of amides is 2. The predicted molar refractivity (Wildman–Crippen MR) is 189 cm³/mol. The van der Waals surface area contributed by atoms with E-state index in [-0.39, 0.29) is 66.4 Å². The highest BCUT2D eigenvalue weighted by Gasteiger charge is 2.45. The minimum Gasteiger partial charge on any atom is -0.444 e. The second-order valence-corrected chi connectivity index (χ2v) is 17.7. The number of carbonyl (C=O) groups is 2. The molecule has 0 aliphatic carbocycles. The van der Waals surface area contributed by atoms with E-state index in [0.29, 0.717) is 30.9 Å². The summed E-state index contributed by atoms with van der Waals surface area (Å²) in [5.74, 6) is -1.29. The molecule has 5 rings (SSSR count). The van der Waals surface area contributed by atoms with Gasteiger partial charge in [-0.05, 0) is 109 Å². The fourth-order valence-corrected chi connectivity index (χ4v) is 9.49. The van der Waals surface area contributed by atoms with Crippen LogP contribution >= 0.6 is 11.6 Å². The highest BCUT2D eigenvalue weighted by atomic mass is 35.5. The smallest absolute Gasteiger partial charge is 0.410 e. The Hall–Kier alpha value is -2.77. The zero-order valence-corrected chi connectivity index (χ0v) is 30.7. The summed E-state index contributed by atoms with van der Waals surface area (Å²) in [6, 6.07) is 9.96. The minimum absolute atomic E-state index is 0.0137. The Bertz CT molecular complexity index is 1620. The van der Waals surface area contributed by atoms with Crippen LogP contribution in [0.2, 0.25) is 5.02 Å². The van der Waals surface area contributed by atoms with Crippen molar-refractivity contribution in [3.63, 3.8) is 0 Å². The molecule has 2 bridgehead atoms. The number of hydrogen-bond acceptors (Lipinski definition) is 7. The molecule has 13 heteroatoms. The molecule has 2 aromatic carbocycles. The Morgan fingerprint density at radius 2 is 1.86 bits per heavy atom. The molecule has 0 aromatic heterocycles. The Balaban J connectivity index is 1.37. The number of rotatable bonds is 8. The molecule has 6 atom stereocenters. The molecular weight excluding hydrogens is 671 g/mol. The van der Waals surface area contributed by atoms with Crippen molar-refractivity contribution in [2.45, 2.75) is 108 Å². The maximum absolute atomic E-state index is 15.5. The number of nitrogens with one attached hydrogen (secondary N) is 1. The maximum Gasteiger partial charge on any atom is 0.410 e. The summed E-state index contributed by atoms with van der Waals surface area (Å²) >= 11 is 6.19. The van der Waals surface area contributed by atoms with Crippen LogP contribution in [-0.2, 0) is 30.7 Å². The molecule has 49 heavy (non-hydrogen) atoms. The first kappa shape index (κ1) is 37.5. The molecule has 2 aromatic rings. The topological polar surface area (TPSA) is 131 Å². The van der Waals surface area contributed by atoms with Crippen molar-refractivity contribution in [1.82, 2.24) is 9.21 Å². The molecule has 270 valence electrons. The van der Waals surface area contributed by atoms with Crippen molar-refractivity contribution in [3.8, 4) is 0 Å². The first-order chi connectivity index (χ1) is 22.9. The summed E-state index contributed by atoms with van der Waals surface area (Å²) in [5, 5.41) is 3.48. The standard InChI is InChI=1S/C36H50ClFN4O6S/c1-35(2,3)48-34(44)41-21-27(42-22-26(41)8-7-19-49(42,45)46)15-16-28-29(38)9-6-10-30(28)40-33(43)32(39)31(23-11-13-25(37)14-12-23)24-17-18-47-36(4,5)20-24/h6,9-14,24,26-27,31-32H,7-8,15-22,39H2,1-5H3,(H,40,43)/t24-,26+,27-,31-,32-/m0/s1. The zero-order chi connectivity index (χ0) is 35.7. The number of piperazine rings is 1. The number of carbonyl (C=O) groups excluding carboxylic acids is 2. The highest BCUT2D eigenvalue weighted by Crippen LogP contribution is 2.40. The molecular formula is C36H50ClFN4O6S. The Labute approximate surface area is 294 Å². The summed E-state index contributed by atoms with van der Waals surface area (Å²) in [5.41, 5.74) is 7.08. The van der Waals surface area contributed by atoms with E-state index in [1.807, 2.05) is 26.0 Å². The molecule has 0 saturated carbocycles. The van der Waals surface area contributed by atoms with Crippen LogP contribution in [0, 0.1) is 11.7 Å². The molecule has 3 heterocycles. The molecule has 1 unspecified atom stereocenters. The van der Waals surface area contributed by atoms with Crippen molar-refractivity contribution in [1.29, 1.82) is 0 Å². The Morgan fingerprint density at radius 3 is 2.53 bits per heavy atom. The van der Waals surface area contributed by atoms with Crippen molar-refractivity contribution in [2.75, 3.05) is 30.8 Å². The van der Waals surface area contributed by atoms with Crippen molar-refractivity contribution >= 4 is 39.3 Å². The van der Waals surface area contributed by atoms with Crippen LogP contribution in [-0.4, -0.2) is 84.4 Å². The molecule has 3 saturated heterocycles. The third-order valence-electron chi connectivity index (χ3n) is 9.86. The van der Waals surface area contributed by atoms with Gasteiger partial charge in [0.05, 0.1) is 17.4 Å². The van der Waals surface area contributed by atoms with Crippen LogP contribution in [0.1, 0.15) is 83.8 Å². The molecule has 2 amide bonds. The van der Waals surface area contributed by atoms with Crippen LogP contribution in [0.25, 0.3) is 0 Å². The molecule has 3 fully saturated rings. The third-order valence-corrected chi connectivity index (χ3v) is 12.1. The fraction of sp³-hybridized carbons (Fsp3) is 0.611.